The van der Waals surface area contributed by atoms with Crippen LogP contribution in [0.1, 0.15) is 17.4 Å². The molecule has 4 heterocycles. The Labute approximate surface area is 157 Å². The van der Waals surface area contributed by atoms with Crippen molar-refractivity contribution >= 4 is 17.4 Å². The van der Waals surface area contributed by atoms with Gasteiger partial charge in [-0.3, -0.25) is 4.90 Å². The number of carbonyl (C=O) groups excluding carboxylic acids is 1. The molecular formula is C20H21N5O2. The fourth-order valence-electron chi connectivity index (χ4n) is 3.99. The maximum absolute atomic E-state index is 12.7. The van der Waals surface area contributed by atoms with Gasteiger partial charge in [-0.15, -0.1) is 5.10 Å². The van der Waals surface area contributed by atoms with E-state index in [1.54, 1.807) is 11.4 Å². The minimum Gasteiger partial charge on any atom is -0.461 e. The maximum atomic E-state index is 12.7. The Bertz CT molecular complexity index is 1020. The van der Waals surface area contributed by atoms with Gasteiger partial charge in [-0.1, -0.05) is 30.3 Å². The molecule has 27 heavy (non-hydrogen) atoms. The number of hydrogen-bond acceptors (Lipinski definition) is 6. The number of imidazole rings is 1. The molecule has 2 aliphatic rings. The van der Waals surface area contributed by atoms with Crippen LogP contribution in [0.5, 0.6) is 0 Å². The molecule has 0 N–H and O–H groups in total. The first kappa shape index (κ1) is 16.3. The molecule has 0 aliphatic carbocycles. The summed E-state index contributed by atoms with van der Waals surface area (Å²) in [5.74, 6) is 0.470. The van der Waals surface area contributed by atoms with E-state index in [2.05, 4.69) is 21.8 Å². The van der Waals surface area contributed by atoms with Gasteiger partial charge >= 0.3 is 5.97 Å². The topological polar surface area (TPSA) is 63.0 Å². The van der Waals surface area contributed by atoms with Gasteiger partial charge in [-0.25, -0.2) is 14.3 Å². The van der Waals surface area contributed by atoms with E-state index in [1.807, 2.05) is 42.5 Å². The standard InChI is InChI=1S/C20H21N5O2/c1-3-27-20(26)19-18(13-7-5-4-6-8-13)21-16-9-10-17(22-25(16)19)24-12-14-15(24)11-23(14)2/h4-10,14-15H,3,11-12H2,1-2H3/t14-,15?/m1/s1. The third kappa shape index (κ3) is 2.42. The number of rotatable bonds is 4. The highest BCUT2D eigenvalue weighted by atomic mass is 16.5. The lowest BCUT2D eigenvalue weighted by Crippen LogP contribution is -2.78. The number of likely N-dealkylation sites (tertiary alicyclic amines) is 1. The van der Waals surface area contributed by atoms with E-state index in [-0.39, 0.29) is 0 Å². The number of nitrogens with zero attached hydrogens (tertiary/aromatic N) is 5. The third-order valence-corrected chi connectivity index (χ3v) is 5.54. The molecular weight excluding hydrogens is 342 g/mol. The van der Waals surface area contributed by atoms with Crippen molar-refractivity contribution in [1.29, 1.82) is 0 Å². The first-order chi connectivity index (χ1) is 13.2. The van der Waals surface area contributed by atoms with Crippen LogP contribution in [-0.2, 0) is 4.74 Å². The largest absolute Gasteiger partial charge is 0.461 e. The zero-order valence-electron chi connectivity index (χ0n) is 15.4. The Morgan fingerprint density at radius 2 is 1.96 bits per heavy atom. The van der Waals surface area contributed by atoms with E-state index in [1.165, 1.54) is 0 Å². The number of anilines is 1. The van der Waals surface area contributed by atoms with Crippen molar-refractivity contribution in [3.05, 3.63) is 48.2 Å². The molecule has 2 aromatic heterocycles. The predicted octanol–water partition coefficient (Wildman–Crippen LogP) is 2.08. The molecule has 0 amide bonds. The molecule has 1 unspecified atom stereocenters. The van der Waals surface area contributed by atoms with E-state index in [9.17, 15) is 4.79 Å². The zero-order valence-corrected chi connectivity index (χ0v) is 15.4. The Morgan fingerprint density at radius 1 is 1.15 bits per heavy atom. The minimum absolute atomic E-state index is 0.308. The second kappa shape index (κ2) is 6.06. The van der Waals surface area contributed by atoms with Crippen LogP contribution in [0, 0.1) is 0 Å². The number of benzene rings is 1. The molecule has 2 aliphatic heterocycles. The van der Waals surface area contributed by atoms with Crippen LogP contribution < -0.4 is 4.90 Å². The first-order valence-electron chi connectivity index (χ1n) is 9.26. The monoisotopic (exact) mass is 363 g/mol. The zero-order chi connectivity index (χ0) is 18.5. The predicted molar refractivity (Wildman–Crippen MR) is 102 cm³/mol. The van der Waals surface area contributed by atoms with E-state index in [0.717, 1.165) is 24.5 Å². The molecule has 0 bridgehead atoms. The van der Waals surface area contributed by atoms with Crippen LogP contribution in [-0.4, -0.2) is 64.3 Å². The van der Waals surface area contributed by atoms with Gasteiger partial charge in [-0.2, -0.15) is 0 Å². The van der Waals surface area contributed by atoms with Gasteiger partial charge < -0.3 is 9.64 Å². The van der Waals surface area contributed by atoms with Crippen molar-refractivity contribution < 1.29 is 9.53 Å². The average molecular weight is 363 g/mol. The summed E-state index contributed by atoms with van der Waals surface area (Å²) < 4.78 is 6.93. The average Bonchev–Trinajstić information content (AvgIpc) is 3.05. The highest BCUT2D eigenvalue weighted by Crippen LogP contribution is 2.35. The second-order valence-corrected chi connectivity index (χ2v) is 7.08. The van der Waals surface area contributed by atoms with Crippen molar-refractivity contribution in [2.24, 2.45) is 0 Å². The van der Waals surface area contributed by atoms with Crippen LogP contribution in [0.2, 0.25) is 0 Å². The molecule has 7 nitrogen and oxygen atoms in total. The minimum atomic E-state index is -0.404. The molecule has 3 aromatic rings. The number of fused-ring (bicyclic) bond motifs is 2. The van der Waals surface area contributed by atoms with Gasteiger partial charge in [0, 0.05) is 24.7 Å². The second-order valence-electron chi connectivity index (χ2n) is 7.08. The SMILES string of the molecule is CCOC(=O)c1c(-c2ccccc2)nc2ccc(N3C[C@@H]4C3CN4C)nn12. The number of esters is 1. The highest BCUT2D eigenvalue weighted by Gasteiger charge is 2.50. The fraction of sp³-hybridized carbons (Fsp3) is 0.350. The molecule has 0 radical (unpaired) electrons. The molecule has 7 heteroatoms. The Morgan fingerprint density at radius 3 is 2.63 bits per heavy atom. The van der Waals surface area contributed by atoms with Crippen LogP contribution in [0.15, 0.2) is 42.5 Å². The van der Waals surface area contributed by atoms with E-state index in [0.29, 0.717) is 35.7 Å². The normalized spacial score (nSPS) is 21.5. The number of carbonyl (C=O) groups is 1. The molecule has 2 atom stereocenters. The van der Waals surface area contributed by atoms with Gasteiger partial charge in [0.25, 0.3) is 0 Å². The number of piperazine rings is 1. The molecule has 5 rings (SSSR count). The van der Waals surface area contributed by atoms with Crippen molar-refractivity contribution in [3.63, 3.8) is 0 Å². The van der Waals surface area contributed by atoms with E-state index < -0.39 is 5.97 Å². The lowest BCUT2D eigenvalue weighted by atomic mass is 9.86. The molecule has 2 fully saturated rings. The van der Waals surface area contributed by atoms with Crippen LogP contribution in [0.25, 0.3) is 16.9 Å². The van der Waals surface area contributed by atoms with Crippen molar-refractivity contribution in [3.8, 4) is 11.3 Å². The summed E-state index contributed by atoms with van der Waals surface area (Å²) in [5, 5.41) is 4.75. The number of aromatic nitrogens is 3. The fourth-order valence-corrected chi connectivity index (χ4v) is 3.99. The van der Waals surface area contributed by atoms with E-state index in [4.69, 9.17) is 9.84 Å². The van der Waals surface area contributed by atoms with Gasteiger partial charge in [0.05, 0.1) is 12.6 Å². The highest BCUT2D eigenvalue weighted by molar-refractivity contribution is 5.95. The summed E-state index contributed by atoms with van der Waals surface area (Å²) in [4.78, 5) is 22.0. The third-order valence-electron chi connectivity index (χ3n) is 5.54. The molecule has 2 saturated heterocycles. The smallest absolute Gasteiger partial charge is 0.359 e. The molecule has 0 spiro atoms. The van der Waals surface area contributed by atoms with Crippen molar-refractivity contribution in [2.75, 3.05) is 31.6 Å². The maximum Gasteiger partial charge on any atom is 0.359 e. The first-order valence-corrected chi connectivity index (χ1v) is 9.26. The van der Waals surface area contributed by atoms with Gasteiger partial charge in [0.2, 0.25) is 0 Å². The summed E-state index contributed by atoms with van der Waals surface area (Å²) in [6.45, 7) is 4.13. The summed E-state index contributed by atoms with van der Waals surface area (Å²) in [5.41, 5.74) is 2.49. The Balaban J connectivity index is 1.61. The summed E-state index contributed by atoms with van der Waals surface area (Å²) >= 11 is 0. The quantitative estimate of drug-likeness (QED) is 0.662. The lowest BCUT2D eigenvalue weighted by Gasteiger charge is -2.61. The summed E-state index contributed by atoms with van der Waals surface area (Å²) in [6, 6.07) is 14.7. The van der Waals surface area contributed by atoms with Crippen molar-refractivity contribution in [1.82, 2.24) is 19.5 Å². The summed E-state index contributed by atoms with van der Waals surface area (Å²) in [6.07, 6.45) is 0. The molecule has 0 saturated carbocycles. The van der Waals surface area contributed by atoms with Gasteiger partial charge in [0.1, 0.15) is 11.5 Å². The van der Waals surface area contributed by atoms with Crippen LogP contribution in [0.3, 0.4) is 0 Å². The lowest BCUT2D eigenvalue weighted by molar-refractivity contribution is 0.0359. The van der Waals surface area contributed by atoms with Gasteiger partial charge in [0.15, 0.2) is 11.3 Å². The van der Waals surface area contributed by atoms with Crippen LogP contribution in [0.4, 0.5) is 5.82 Å². The Hall–Kier alpha value is -2.93. The number of hydrogen-bond donors (Lipinski definition) is 0. The van der Waals surface area contributed by atoms with Crippen molar-refractivity contribution in [2.45, 2.75) is 19.0 Å². The number of likely N-dealkylation sites (N-methyl/N-ethyl adjacent to an activating group) is 1. The van der Waals surface area contributed by atoms with Crippen LogP contribution >= 0.6 is 0 Å². The molecule has 138 valence electrons. The summed E-state index contributed by atoms with van der Waals surface area (Å²) in [7, 11) is 2.15. The molecule has 1 aromatic carbocycles. The number of ether oxygens (including phenoxy) is 1. The Kier molecular flexibility index (Phi) is 3.65. The van der Waals surface area contributed by atoms with Gasteiger partial charge in [-0.05, 0) is 26.1 Å². The van der Waals surface area contributed by atoms with E-state index >= 15 is 0 Å².